The average molecular weight is 306 g/mol. The monoisotopic (exact) mass is 306 g/mol. The van der Waals surface area contributed by atoms with Gasteiger partial charge in [-0.25, -0.2) is 0 Å². The number of rotatable bonds is 6. The second-order valence-electron chi connectivity index (χ2n) is 7.73. The van der Waals surface area contributed by atoms with Gasteiger partial charge in [-0.15, -0.1) is 0 Å². The average Bonchev–Trinajstić information content (AvgIpc) is 2.85. The summed E-state index contributed by atoms with van der Waals surface area (Å²) in [5, 5.41) is 20.7. The SMILES string of the molecule is CCC(O)(C=CC[C@H](C)C1=CC[C@H]2[C@@H](O)CCC[C@@]12C)CC. The fourth-order valence-electron chi connectivity index (χ4n) is 4.62. The molecule has 2 N–H and O–H groups in total. The lowest BCUT2D eigenvalue weighted by atomic mass is 9.63. The van der Waals surface area contributed by atoms with Crippen LogP contribution in [0.5, 0.6) is 0 Å². The number of allylic oxidation sites excluding steroid dienone is 3. The number of fused-ring (bicyclic) bond motifs is 1. The van der Waals surface area contributed by atoms with Crippen LogP contribution in [0.2, 0.25) is 0 Å². The van der Waals surface area contributed by atoms with E-state index in [-0.39, 0.29) is 11.5 Å². The third-order valence-electron chi connectivity index (χ3n) is 6.40. The van der Waals surface area contributed by atoms with Crippen LogP contribution in [0.25, 0.3) is 0 Å². The van der Waals surface area contributed by atoms with Crippen molar-refractivity contribution in [2.24, 2.45) is 17.3 Å². The maximum atomic E-state index is 10.3. The summed E-state index contributed by atoms with van der Waals surface area (Å²) >= 11 is 0. The summed E-state index contributed by atoms with van der Waals surface area (Å²) in [6, 6.07) is 0. The quantitative estimate of drug-likeness (QED) is 0.703. The molecule has 2 aliphatic carbocycles. The molecule has 0 saturated heterocycles. The normalized spacial score (nSPS) is 33.8. The maximum absolute atomic E-state index is 10.3. The van der Waals surface area contributed by atoms with Crippen LogP contribution < -0.4 is 0 Å². The van der Waals surface area contributed by atoms with Gasteiger partial charge in [-0.1, -0.05) is 51.5 Å². The smallest absolute Gasteiger partial charge is 0.0822 e. The summed E-state index contributed by atoms with van der Waals surface area (Å²) in [5.41, 5.74) is 1.09. The molecule has 0 aromatic heterocycles. The molecule has 0 bridgehead atoms. The highest BCUT2D eigenvalue weighted by molar-refractivity contribution is 5.26. The van der Waals surface area contributed by atoms with Crippen molar-refractivity contribution in [2.75, 3.05) is 0 Å². The van der Waals surface area contributed by atoms with Gasteiger partial charge in [0, 0.05) is 0 Å². The van der Waals surface area contributed by atoms with Gasteiger partial charge in [0.1, 0.15) is 0 Å². The zero-order valence-corrected chi connectivity index (χ0v) is 14.8. The number of aliphatic hydroxyl groups is 2. The highest BCUT2D eigenvalue weighted by atomic mass is 16.3. The van der Waals surface area contributed by atoms with E-state index in [1.165, 1.54) is 12.0 Å². The van der Waals surface area contributed by atoms with Gasteiger partial charge in [-0.3, -0.25) is 0 Å². The predicted octanol–water partition coefficient (Wildman–Crippen LogP) is 4.62. The molecule has 22 heavy (non-hydrogen) atoms. The molecule has 0 heterocycles. The molecule has 2 heteroatoms. The van der Waals surface area contributed by atoms with E-state index in [2.05, 4.69) is 26.0 Å². The molecule has 0 aromatic carbocycles. The van der Waals surface area contributed by atoms with E-state index in [0.717, 1.165) is 38.5 Å². The molecule has 0 aromatic rings. The van der Waals surface area contributed by atoms with E-state index in [0.29, 0.717) is 11.8 Å². The lowest BCUT2D eigenvalue weighted by Gasteiger charge is -2.43. The molecule has 0 unspecified atom stereocenters. The van der Waals surface area contributed by atoms with Gasteiger partial charge >= 0.3 is 0 Å². The van der Waals surface area contributed by atoms with Crippen LogP contribution in [0.3, 0.4) is 0 Å². The van der Waals surface area contributed by atoms with E-state index in [1.807, 2.05) is 19.9 Å². The third kappa shape index (κ3) is 3.33. The molecule has 4 atom stereocenters. The largest absolute Gasteiger partial charge is 0.393 e. The molecule has 0 aliphatic heterocycles. The molecule has 2 rings (SSSR count). The topological polar surface area (TPSA) is 40.5 Å². The van der Waals surface area contributed by atoms with Crippen molar-refractivity contribution in [1.82, 2.24) is 0 Å². The molecule has 2 nitrogen and oxygen atoms in total. The molecule has 1 fully saturated rings. The molecule has 0 radical (unpaired) electrons. The lowest BCUT2D eigenvalue weighted by Crippen LogP contribution is -2.39. The maximum Gasteiger partial charge on any atom is 0.0822 e. The van der Waals surface area contributed by atoms with Crippen molar-refractivity contribution in [1.29, 1.82) is 0 Å². The minimum absolute atomic E-state index is 0.125. The zero-order chi connectivity index (χ0) is 16.4. The van der Waals surface area contributed by atoms with Crippen molar-refractivity contribution in [2.45, 2.75) is 84.3 Å². The fourth-order valence-corrected chi connectivity index (χ4v) is 4.62. The van der Waals surface area contributed by atoms with Crippen molar-refractivity contribution in [3.05, 3.63) is 23.8 Å². The Morgan fingerprint density at radius 3 is 2.73 bits per heavy atom. The van der Waals surface area contributed by atoms with Crippen LogP contribution in [0.1, 0.15) is 72.6 Å². The highest BCUT2D eigenvalue weighted by Crippen LogP contribution is 2.55. The van der Waals surface area contributed by atoms with Crippen LogP contribution in [0.15, 0.2) is 23.8 Å². The van der Waals surface area contributed by atoms with Gasteiger partial charge in [-0.2, -0.15) is 0 Å². The van der Waals surface area contributed by atoms with Crippen molar-refractivity contribution in [3.8, 4) is 0 Å². The second kappa shape index (κ2) is 6.88. The molecule has 1 saturated carbocycles. The van der Waals surface area contributed by atoms with Crippen molar-refractivity contribution in [3.63, 3.8) is 0 Å². The van der Waals surface area contributed by atoms with Gasteiger partial charge < -0.3 is 10.2 Å². The van der Waals surface area contributed by atoms with E-state index < -0.39 is 5.60 Å². The van der Waals surface area contributed by atoms with Gasteiger partial charge in [0.2, 0.25) is 0 Å². The van der Waals surface area contributed by atoms with Gasteiger partial charge in [0.25, 0.3) is 0 Å². The summed E-state index contributed by atoms with van der Waals surface area (Å²) in [7, 11) is 0. The molecule has 0 spiro atoms. The first-order valence-corrected chi connectivity index (χ1v) is 9.15. The first-order chi connectivity index (χ1) is 10.4. The van der Waals surface area contributed by atoms with E-state index in [4.69, 9.17) is 0 Å². The first-order valence-electron chi connectivity index (χ1n) is 9.15. The molecule has 2 aliphatic rings. The molecule has 126 valence electrons. The Bertz CT molecular complexity index is 433. The number of hydrogen-bond donors (Lipinski definition) is 2. The molecular weight excluding hydrogens is 272 g/mol. The van der Waals surface area contributed by atoms with Crippen LogP contribution in [-0.4, -0.2) is 21.9 Å². The predicted molar refractivity (Wildman–Crippen MR) is 92.6 cm³/mol. The van der Waals surface area contributed by atoms with Crippen LogP contribution in [0.4, 0.5) is 0 Å². The number of hydrogen-bond acceptors (Lipinski definition) is 2. The van der Waals surface area contributed by atoms with Crippen LogP contribution >= 0.6 is 0 Å². The highest BCUT2D eigenvalue weighted by Gasteiger charge is 2.47. The van der Waals surface area contributed by atoms with E-state index in [1.54, 1.807) is 0 Å². The van der Waals surface area contributed by atoms with Gasteiger partial charge in [-0.05, 0) is 62.2 Å². The number of aliphatic hydroxyl groups excluding tert-OH is 1. The summed E-state index contributed by atoms with van der Waals surface area (Å²) in [4.78, 5) is 0. The molecular formula is C20H34O2. The minimum Gasteiger partial charge on any atom is -0.393 e. The Morgan fingerprint density at radius 1 is 1.41 bits per heavy atom. The standard InChI is InChI=1S/C20H34O2/c1-5-20(22,6-2)14-7-9-15(3)16-11-12-17-18(21)10-8-13-19(16,17)4/h7,11,14-15,17-18,21-22H,5-6,8-10,12-13H2,1-4H3/t15-,17-,18-,19-/m0/s1. The van der Waals surface area contributed by atoms with Crippen LogP contribution in [-0.2, 0) is 0 Å². The van der Waals surface area contributed by atoms with Crippen molar-refractivity contribution >= 4 is 0 Å². The third-order valence-corrected chi connectivity index (χ3v) is 6.40. The zero-order valence-electron chi connectivity index (χ0n) is 14.8. The van der Waals surface area contributed by atoms with Gasteiger partial charge in [0.05, 0.1) is 11.7 Å². The fraction of sp³-hybridized carbons (Fsp3) is 0.800. The summed E-state index contributed by atoms with van der Waals surface area (Å²) in [6.07, 6.45) is 13.3. The Morgan fingerprint density at radius 2 is 2.09 bits per heavy atom. The van der Waals surface area contributed by atoms with E-state index in [9.17, 15) is 10.2 Å². The Hall–Kier alpha value is -0.600. The minimum atomic E-state index is -0.642. The lowest BCUT2D eigenvalue weighted by molar-refractivity contribution is 0.00804. The van der Waals surface area contributed by atoms with Crippen LogP contribution in [0, 0.1) is 17.3 Å². The molecule has 0 amide bonds. The summed E-state index contributed by atoms with van der Waals surface area (Å²) in [5.74, 6) is 0.917. The Balaban J connectivity index is 2.01. The Kier molecular flexibility index (Phi) is 5.55. The summed E-state index contributed by atoms with van der Waals surface area (Å²) in [6.45, 7) is 8.72. The second-order valence-corrected chi connectivity index (χ2v) is 7.73. The van der Waals surface area contributed by atoms with Gasteiger partial charge in [0.15, 0.2) is 0 Å². The Labute approximate surface area is 136 Å². The van der Waals surface area contributed by atoms with Crippen molar-refractivity contribution < 1.29 is 10.2 Å². The first kappa shape index (κ1) is 17.7. The van der Waals surface area contributed by atoms with E-state index >= 15 is 0 Å². The summed E-state index contributed by atoms with van der Waals surface area (Å²) < 4.78 is 0.